The van der Waals surface area contributed by atoms with Crippen LogP contribution in [0.3, 0.4) is 0 Å². The van der Waals surface area contributed by atoms with Crippen molar-refractivity contribution in [1.29, 1.82) is 0 Å². The number of hydrogen-bond acceptors (Lipinski definition) is 17. The van der Waals surface area contributed by atoms with Crippen LogP contribution in [-0.2, 0) is 51.0 Å². The second kappa shape index (κ2) is 26.6. The molecule has 0 saturated carbocycles. The number of amides is 1. The number of pyridine rings is 2. The van der Waals surface area contributed by atoms with Gasteiger partial charge in [0.1, 0.15) is 47.3 Å². The average molecular weight is 1050 g/mol. The predicted molar refractivity (Wildman–Crippen MR) is 282 cm³/mol. The number of nitrogens with zero attached hydrogens (tertiary/aromatic N) is 4. The van der Waals surface area contributed by atoms with Crippen molar-refractivity contribution >= 4 is 34.7 Å². The number of carbonyl (C=O) groups excluding carboxylic acids is 4. The lowest BCUT2D eigenvalue weighted by atomic mass is 9.77. The molecule has 1 amide bonds. The zero-order valence-corrected chi connectivity index (χ0v) is 45.9. The normalized spacial score (nSPS) is 31.3. The summed E-state index contributed by atoms with van der Waals surface area (Å²) in [5, 5.41) is 39.2. The van der Waals surface area contributed by atoms with E-state index < -0.39 is 95.1 Å². The summed E-state index contributed by atoms with van der Waals surface area (Å²) in [5.41, 5.74) is 3.14. The molecular weight excluding hydrogens is 965 g/mol. The van der Waals surface area contributed by atoms with Gasteiger partial charge >= 0.3 is 17.9 Å². The molecule has 0 radical (unpaired) electrons. The Morgan fingerprint density at radius 1 is 1.03 bits per heavy atom. The van der Waals surface area contributed by atoms with Crippen LogP contribution in [0.1, 0.15) is 116 Å². The second-order valence-corrected chi connectivity index (χ2v) is 21.3. The number of cyclic esters (lactones) is 1. The van der Waals surface area contributed by atoms with Gasteiger partial charge in [0.25, 0.3) is 5.91 Å². The standard InChI is InChI=1S/C56H82N6O13/c1-13-44-56(9,70)50(67)37(7)61(12)31-33(3)30-55(8,75-45(63)23-26-58-24-17-15-19-38-21-22-42-40(28-38)47(65)41(52(57)68)32-62(42)14-2)51(74-54-48(66)43(60(10)11)27-34(4)71-54)35(5)49(36(6)53(69)72-44)73-46(64)29-39-20-16-18-25-59-39/h16,18,20-22,25,28,32-37,43-44,48-51,54,58,66-67,70H,13-14,17,23-24,26-27,29-31H2,1-12H3,(H2,57,68)/t33-,34-,35+,36-,37-,43+,44-,48-,49+,50-,51-,54+,55-,56-/m1/s1. The molecule has 2 aromatic heterocycles. The lowest BCUT2D eigenvalue weighted by Gasteiger charge is -2.48. The molecule has 19 nitrogen and oxygen atoms in total. The summed E-state index contributed by atoms with van der Waals surface area (Å²) < 4.78 is 34.1. The Labute approximate surface area is 441 Å². The van der Waals surface area contributed by atoms with Crippen LogP contribution >= 0.6 is 0 Å². The van der Waals surface area contributed by atoms with Crippen molar-refractivity contribution in [3.8, 4) is 11.8 Å². The van der Waals surface area contributed by atoms with Crippen molar-refractivity contribution in [2.75, 3.05) is 40.8 Å². The van der Waals surface area contributed by atoms with E-state index in [2.05, 4.69) is 22.1 Å². The van der Waals surface area contributed by atoms with Crippen LogP contribution in [0.2, 0.25) is 0 Å². The fraction of sp³-hybridized carbons (Fsp3) is 0.643. The number of ether oxygens (including phenoxy) is 5. The molecule has 19 heteroatoms. The van der Waals surface area contributed by atoms with Gasteiger partial charge in [-0.25, -0.2) is 0 Å². The fourth-order valence-corrected chi connectivity index (χ4v) is 10.7. The number of primary amides is 1. The summed E-state index contributed by atoms with van der Waals surface area (Å²) in [6.45, 7) is 17.2. The number of aryl methyl sites for hydroxylation is 1. The van der Waals surface area contributed by atoms with Crippen molar-refractivity contribution < 1.29 is 58.2 Å². The minimum absolute atomic E-state index is 0.0841. The second-order valence-electron chi connectivity index (χ2n) is 21.3. The first kappa shape index (κ1) is 60.6. The largest absolute Gasteiger partial charge is 0.461 e. The number of likely N-dealkylation sites (N-methyl/N-ethyl adjacent to an activating group) is 2. The van der Waals surface area contributed by atoms with Crippen LogP contribution < -0.4 is 16.5 Å². The Balaban J connectivity index is 1.48. The first-order chi connectivity index (χ1) is 35.3. The van der Waals surface area contributed by atoms with Crippen LogP contribution in [0.25, 0.3) is 10.9 Å². The molecule has 5 rings (SSSR count). The lowest BCUT2D eigenvalue weighted by molar-refractivity contribution is -0.301. The molecular formula is C56H82N6O13. The van der Waals surface area contributed by atoms with Gasteiger partial charge in [-0.1, -0.05) is 38.7 Å². The zero-order chi connectivity index (χ0) is 55.5. The van der Waals surface area contributed by atoms with E-state index in [9.17, 15) is 39.3 Å². The number of hydrogen-bond donors (Lipinski definition) is 5. The molecule has 1 aromatic carbocycles. The molecule has 2 aliphatic heterocycles. The Hall–Kier alpha value is -5.30. The lowest BCUT2D eigenvalue weighted by Crippen LogP contribution is -2.60. The number of nitrogens with two attached hydrogens (primary N) is 1. The van der Waals surface area contributed by atoms with E-state index in [-0.39, 0.29) is 55.9 Å². The van der Waals surface area contributed by atoms with Crippen molar-refractivity contribution in [1.82, 2.24) is 24.7 Å². The molecule has 2 fully saturated rings. The smallest absolute Gasteiger partial charge is 0.312 e. The highest BCUT2D eigenvalue weighted by Crippen LogP contribution is 2.40. The van der Waals surface area contributed by atoms with Crippen LogP contribution in [0.15, 0.2) is 53.6 Å². The van der Waals surface area contributed by atoms with Crippen LogP contribution in [0, 0.1) is 29.6 Å². The van der Waals surface area contributed by atoms with Gasteiger partial charge in [0.15, 0.2) is 6.29 Å². The molecule has 6 N–H and O–H groups in total. The van der Waals surface area contributed by atoms with Gasteiger partial charge in [0.05, 0.1) is 36.1 Å². The molecule has 3 aromatic rings. The predicted octanol–water partition coefficient (Wildman–Crippen LogP) is 3.57. The maximum absolute atomic E-state index is 14.5. The van der Waals surface area contributed by atoms with Crippen LogP contribution in [-0.4, -0.2) is 165 Å². The molecule has 2 aliphatic rings. The molecule has 0 unspecified atom stereocenters. The number of rotatable bonds is 15. The summed E-state index contributed by atoms with van der Waals surface area (Å²) in [6, 6.07) is 9.34. The zero-order valence-electron chi connectivity index (χ0n) is 45.9. The topological polar surface area (TPSA) is 255 Å². The molecule has 0 bridgehead atoms. The number of fused-ring (bicyclic) bond motifs is 1. The number of carbonyl (C=O) groups is 4. The van der Waals surface area contributed by atoms with Gasteiger partial charge < -0.3 is 64.4 Å². The summed E-state index contributed by atoms with van der Waals surface area (Å²) in [6.07, 6.45) is -3.99. The Morgan fingerprint density at radius 3 is 2.39 bits per heavy atom. The molecule has 414 valence electrons. The van der Waals surface area contributed by atoms with Crippen molar-refractivity contribution in [3.05, 3.63) is 75.8 Å². The average Bonchev–Trinajstić information content (AvgIpc) is 3.35. The van der Waals surface area contributed by atoms with Crippen LogP contribution in [0.4, 0.5) is 0 Å². The number of benzene rings is 1. The number of esters is 3. The molecule has 4 heterocycles. The van der Waals surface area contributed by atoms with Gasteiger partial charge in [0.2, 0.25) is 5.43 Å². The first-order valence-electron chi connectivity index (χ1n) is 26.3. The minimum atomic E-state index is -1.90. The SMILES string of the molecule is CC[C@H]1OC(=O)[C@H](C)[C@@H](OC(=O)Cc2ccccn2)[C@H](C)[C@@H](O[C@@H]2O[C@H](C)C[C@H](N(C)C)[C@H]2O)[C@](C)(OC(=O)CCNCCC#Cc2ccc3c(c2)c(=O)c(C(N)=O)cn3CC)C[C@@H](C)CN(C)[C@H](C)[C@@H](O)[C@]1(C)O. The Morgan fingerprint density at radius 2 is 1.75 bits per heavy atom. The number of aliphatic hydroxyl groups excluding tert-OH is 2. The van der Waals surface area contributed by atoms with E-state index in [4.69, 9.17) is 29.4 Å². The minimum Gasteiger partial charge on any atom is -0.461 e. The monoisotopic (exact) mass is 1050 g/mol. The van der Waals surface area contributed by atoms with E-state index in [1.54, 1.807) is 81.8 Å². The molecule has 0 spiro atoms. The summed E-state index contributed by atoms with van der Waals surface area (Å²) in [5.74, 6) is 0.782. The van der Waals surface area contributed by atoms with Crippen molar-refractivity contribution in [2.24, 2.45) is 23.5 Å². The van der Waals surface area contributed by atoms with Crippen LogP contribution in [0.5, 0.6) is 0 Å². The van der Waals surface area contributed by atoms with E-state index in [0.29, 0.717) is 54.6 Å². The maximum atomic E-state index is 14.5. The number of aliphatic hydroxyl groups is 3. The van der Waals surface area contributed by atoms with Gasteiger partial charge in [-0.15, -0.1) is 0 Å². The van der Waals surface area contributed by atoms with Gasteiger partial charge in [-0.2, -0.15) is 0 Å². The first-order valence-corrected chi connectivity index (χ1v) is 26.3. The number of aromatic nitrogens is 2. The maximum Gasteiger partial charge on any atom is 0.312 e. The Kier molecular flexibility index (Phi) is 21.5. The molecule has 0 aliphatic carbocycles. The highest BCUT2D eigenvalue weighted by atomic mass is 16.7. The third kappa shape index (κ3) is 15.2. The van der Waals surface area contributed by atoms with Gasteiger partial charge in [-0.3, -0.25) is 29.0 Å². The molecule has 75 heavy (non-hydrogen) atoms. The third-order valence-corrected chi connectivity index (χ3v) is 14.9. The van der Waals surface area contributed by atoms with Gasteiger partial charge in [-0.05, 0) is 118 Å². The molecule has 14 atom stereocenters. The van der Waals surface area contributed by atoms with E-state index >= 15 is 0 Å². The van der Waals surface area contributed by atoms with Gasteiger partial charge in [0, 0.05) is 73.9 Å². The summed E-state index contributed by atoms with van der Waals surface area (Å²) in [7, 11) is 5.51. The highest BCUT2D eigenvalue weighted by Gasteiger charge is 2.53. The number of nitrogens with one attached hydrogen (secondary N) is 1. The summed E-state index contributed by atoms with van der Waals surface area (Å²) >= 11 is 0. The van der Waals surface area contributed by atoms with E-state index in [0.717, 1.165) is 0 Å². The third-order valence-electron chi connectivity index (χ3n) is 14.9. The van der Waals surface area contributed by atoms with Crippen molar-refractivity contribution in [3.63, 3.8) is 0 Å². The van der Waals surface area contributed by atoms with Crippen molar-refractivity contribution in [2.45, 2.75) is 174 Å². The highest BCUT2D eigenvalue weighted by molar-refractivity contribution is 5.96. The molecule has 2 saturated heterocycles. The summed E-state index contributed by atoms with van der Waals surface area (Å²) in [4.78, 5) is 76.0. The Bertz CT molecular complexity index is 2550. The van der Waals surface area contributed by atoms with E-state index in [1.165, 1.54) is 13.1 Å². The quantitative estimate of drug-likeness (QED) is 0.0631. The fourth-order valence-electron chi connectivity index (χ4n) is 10.7. The van der Waals surface area contributed by atoms with E-state index in [1.807, 2.05) is 51.7 Å².